The SMILES string of the molecule is CC1=[C-]C(C)=CC1.CC1[C-]=Cc2ccccc21.CC1[C-]=Cc2ccccc21.CCC1=[C-]C(CC)=CC1.Cc1cc2ccccc2[cH-]1.Cc1cc2ccccc2[cH-]1.Cc1ccc(C)c2[cH-]ccc12.Cc1ccc(C)c2[cH-]ccc12.Cc1cccc2[cH-]ccc12.Cc1cccc2[cH-]ccc12.[Cl-].[Cl-].[Cl-].[Cl-].[Cl-].[Cl-].[Cl-].[Cl-].[Cl-].[Cl-].[Cl-].[Cl-].[Zr+4].[Zr+4].[Zr+4].[Zr+4].[Zr+4].[Zr+4].c1ccc2[cH-]ccc2c1.c1ccc2[cH-]ccc2c1. The number of fused-ring (bicyclic) bond motifs is 10. The molecule has 0 heterocycles. The van der Waals surface area contributed by atoms with Crippen molar-refractivity contribution < 1.29 is 306 Å². The van der Waals surface area contributed by atoms with Gasteiger partial charge in [-0.2, -0.15) is 118 Å². The fourth-order valence-corrected chi connectivity index (χ4v) is 14.9. The van der Waals surface area contributed by atoms with E-state index in [1.165, 1.54) is 182 Å². The minimum absolute atomic E-state index is 0. The molecule has 0 aliphatic heterocycles. The predicted octanol–water partition coefficient (Wildman–Crippen LogP) is -2.84. The zero-order valence-corrected chi connectivity index (χ0v) is 102. The van der Waals surface area contributed by atoms with Gasteiger partial charge in [-0.05, 0) is 27.7 Å². The quantitative estimate of drug-likeness (QED) is 0.164. The van der Waals surface area contributed by atoms with Gasteiger partial charge in [0.2, 0.25) is 0 Å². The fraction of sp³-hybridized carbons (Fsp3) is 0.172. The second-order valence-electron chi connectivity index (χ2n) is 30.6. The van der Waals surface area contributed by atoms with Gasteiger partial charge in [-0.1, -0.05) is 214 Å². The summed E-state index contributed by atoms with van der Waals surface area (Å²) in [5.74, 6) is 0.993. The molecule has 2 unspecified atom stereocenters. The van der Waals surface area contributed by atoms with E-state index in [2.05, 4.69) is 485 Å². The van der Waals surface area contributed by atoms with E-state index in [1.54, 1.807) is 0 Å². The van der Waals surface area contributed by atoms with Gasteiger partial charge in [0.1, 0.15) is 0 Å². The van der Waals surface area contributed by atoms with E-state index in [-0.39, 0.29) is 306 Å². The summed E-state index contributed by atoms with van der Waals surface area (Å²) in [6.07, 6.45) is 26.3. The maximum atomic E-state index is 3.37. The summed E-state index contributed by atoms with van der Waals surface area (Å²) < 4.78 is 0. The molecule has 0 saturated carbocycles. The van der Waals surface area contributed by atoms with E-state index in [9.17, 15) is 0 Å². The average Bonchev–Trinajstić information content (AvgIpc) is 1.67. The van der Waals surface area contributed by atoms with Crippen LogP contribution >= 0.6 is 0 Å². The Morgan fingerprint density at radius 1 is 0.284 bits per heavy atom. The maximum absolute atomic E-state index is 3.37. The smallest absolute Gasteiger partial charge is 1.00 e. The van der Waals surface area contributed by atoms with Crippen molar-refractivity contribution in [2.45, 2.75) is 134 Å². The zero-order chi connectivity index (χ0) is 81.7. The predicted molar refractivity (Wildman–Crippen MR) is 510 cm³/mol. The summed E-state index contributed by atoms with van der Waals surface area (Å²) in [6, 6.07) is 119. The van der Waals surface area contributed by atoms with Crippen LogP contribution in [0.25, 0.3) is 98.3 Å². The monoisotopic (exact) mass is 2460 g/mol. The van der Waals surface area contributed by atoms with Crippen molar-refractivity contribution in [3.05, 3.63) is 465 Å². The number of aryl methyl sites for hydroxylation is 8. The van der Waals surface area contributed by atoms with Crippen LogP contribution < -0.4 is 149 Å². The molecule has 4 aliphatic rings. The van der Waals surface area contributed by atoms with Gasteiger partial charge in [-0.3, -0.25) is 18.2 Å². The first kappa shape index (κ1) is 146. The van der Waals surface area contributed by atoms with E-state index in [0.717, 1.165) is 19.3 Å². The fourth-order valence-electron chi connectivity index (χ4n) is 14.9. The van der Waals surface area contributed by atoms with Crippen LogP contribution in [0.1, 0.15) is 146 Å². The molecule has 4 aliphatic carbocycles. The molecule has 22 rings (SSSR count). The van der Waals surface area contributed by atoms with Gasteiger partial charge in [0.05, 0.1) is 0 Å². The molecule has 0 spiro atoms. The Labute approximate surface area is 990 Å². The molecule has 2 atom stereocenters. The standard InChI is InChI=1S/2C11H11.6C10H9.2C9H7.C9H13.C7H9.12ClH.6Zr/c2*1-8-6-7-9(2)11-5-3-4-10(8)11;2*1-8-4-2-5-9-6-3-7-10(8)9;2*1-8-6-9-4-2-3-5-10(9)7-8;2*1-8-6-7-9-4-2-3-5-10(8)9;2*1-2-5-9-7-3-6-8(9)4-1;1-3-8-5-6-9(4-2)7-8;1-6-3-4-7(2)5-6;;;;;;;;;;;;;;;;;;/h2*3-7H,1-2H3;4*2-7H,1H3;2*2-5,7-8H,1H3;2*1-7H;5H,3-4,6H2,1-2H3;3H,4H2,1-2H3;12*1H;;;;;;/q12*-1;;;;;;;;;;;;;6*+4/p-12. The first-order chi connectivity index (χ1) is 56.4. The normalized spacial score (nSPS) is 11.6. The van der Waals surface area contributed by atoms with Gasteiger partial charge >= 0.3 is 157 Å². The molecular formula is C116H112Cl12Zr6. The molecule has 0 N–H and O–H groups in total. The summed E-state index contributed by atoms with van der Waals surface area (Å²) in [5, 5.41) is 21.7. The van der Waals surface area contributed by atoms with Crippen LogP contribution in [0.4, 0.5) is 0 Å². The van der Waals surface area contributed by atoms with Crippen molar-refractivity contribution in [2.75, 3.05) is 0 Å². The number of halogens is 12. The Morgan fingerprint density at radius 2 is 0.604 bits per heavy atom. The summed E-state index contributed by atoms with van der Waals surface area (Å²) in [7, 11) is 0. The molecule has 0 aromatic heterocycles. The first-order valence-corrected chi connectivity index (χ1v) is 41.2. The minimum atomic E-state index is 0. The molecule has 684 valence electrons. The summed E-state index contributed by atoms with van der Waals surface area (Å²) in [4.78, 5) is 0. The number of hydrogen-bond acceptors (Lipinski definition) is 0. The van der Waals surface area contributed by atoms with Crippen molar-refractivity contribution >= 4 is 98.3 Å². The average molecular weight is 2480 g/mol. The number of allylic oxidation sites excluding steroid dienone is 10. The third-order valence-electron chi connectivity index (χ3n) is 21.7. The Hall–Kier alpha value is -3.70. The minimum Gasteiger partial charge on any atom is -1.00 e. The van der Waals surface area contributed by atoms with Crippen molar-refractivity contribution in [3.63, 3.8) is 0 Å². The van der Waals surface area contributed by atoms with Crippen LogP contribution in [0.15, 0.2) is 374 Å². The van der Waals surface area contributed by atoms with Crippen LogP contribution in [-0.4, -0.2) is 0 Å². The molecule has 0 bridgehead atoms. The van der Waals surface area contributed by atoms with E-state index in [0.29, 0.717) is 11.8 Å². The number of benzene rings is 10. The van der Waals surface area contributed by atoms with Crippen molar-refractivity contribution in [1.82, 2.24) is 0 Å². The van der Waals surface area contributed by atoms with Crippen LogP contribution in [0, 0.1) is 79.7 Å². The van der Waals surface area contributed by atoms with E-state index < -0.39 is 0 Å². The topological polar surface area (TPSA) is 0 Å². The van der Waals surface area contributed by atoms with E-state index in [1.807, 2.05) is 0 Å². The molecule has 18 aromatic rings. The van der Waals surface area contributed by atoms with Crippen molar-refractivity contribution in [3.8, 4) is 0 Å². The Morgan fingerprint density at radius 3 is 0.918 bits per heavy atom. The molecular weight excluding hydrogens is 2370 g/mol. The number of rotatable bonds is 2. The Kier molecular flexibility index (Phi) is 83.6. The second kappa shape index (κ2) is 77.0. The van der Waals surface area contributed by atoms with Gasteiger partial charge < -0.3 is 149 Å². The summed E-state index contributed by atoms with van der Waals surface area (Å²) >= 11 is 0. The van der Waals surface area contributed by atoms with Crippen LogP contribution in [0.2, 0.25) is 0 Å². The second-order valence-corrected chi connectivity index (χ2v) is 30.6. The zero-order valence-electron chi connectivity index (χ0n) is 78.2. The van der Waals surface area contributed by atoms with Gasteiger partial charge in [0.25, 0.3) is 0 Å². The van der Waals surface area contributed by atoms with Gasteiger partial charge in [-0.15, -0.1) is 279 Å². The summed E-state index contributed by atoms with van der Waals surface area (Å²) in [5.41, 5.74) is 21.9. The molecule has 0 fully saturated rings. The van der Waals surface area contributed by atoms with Crippen molar-refractivity contribution in [1.29, 1.82) is 0 Å². The number of hydrogen-bond donors (Lipinski definition) is 0. The molecule has 134 heavy (non-hydrogen) atoms. The molecule has 0 radical (unpaired) electrons. The van der Waals surface area contributed by atoms with E-state index >= 15 is 0 Å². The van der Waals surface area contributed by atoms with Gasteiger partial charge in [0, 0.05) is 0 Å². The van der Waals surface area contributed by atoms with Crippen LogP contribution in [-0.2, 0) is 157 Å². The first-order valence-electron chi connectivity index (χ1n) is 41.2. The van der Waals surface area contributed by atoms with E-state index in [4.69, 9.17) is 0 Å². The van der Waals surface area contributed by atoms with Crippen molar-refractivity contribution in [2.24, 2.45) is 0 Å². The summed E-state index contributed by atoms with van der Waals surface area (Å²) in [6.45, 7) is 30.0. The van der Waals surface area contributed by atoms with Gasteiger partial charge in [0.15, 0.2) is 0 Å². The molecule has 18 heteroatoms. The molecule has 18 aromatic carbocycles. The maximum Gasteiger partial charge on any atom is 4.00 e. The molecule has 0 nitrogen and oxygen atoms in total. The molecule has 0 amide bonds. The third kappa shape index (κ3) is 44.4. The Balaban J connectivity index is -0.000000213. The third-order valence-corrected chi connectivity index (χ3v) is 21.7. The van der Waals surface area contributed by atoms with Gasteiger partial charge in [-0.25, -0.2) is 41.5 Å². The largest absolute Gasteiger partial charge is 4.00 e. The molecule has 0 saturated heterocycles. The van der Waals surface area contributed by atoms with Crippen LogP contribution in [0.5, 0.6) is 0 Å². The Bertz CT molecular complexity index is 5820. The van der Waals surface area contributed by atoms with Crippen LogP contribution in [0.3, 0.4) is 0 Å².